The Bertz CT molecular complexity index is 1020. The zero-order valence-corrected chi connectivity index (χ0v) is 16.9. The van der Waals surface area contributed by atoms with Crippen LogP contribution in [0, 0.1) is 11.6 Å². The van der Waals surface area contributed by atoms with Gasteiger partial charge in [-0.25, -0.2) is 8.78 Å². The Kier molecular flexibility index (Phi) is 7.45. The normalized spacial score (nSPS) is 10.5. The van der Waals surface area contributed by atoms with Crippen LogP contribution >= 0.6 is 0 Å². The molecule has 3 aromatic rings. The molecule has 160 valence electrons. The van der Waals surface area contributed by atoms with Crippen LogP contribution in [-0.4, -0.2) is 29.8 Å². The first kappa shape index (κ1) is 22.1. The summed E-state index contributed by atoms with van der Waals surface area (Å²) in [5.74, 6) is -2.31. The fraction of sp³-hybridized carbons (Fsp3) is 0.167. The minimum absolute atomic E-state index is 0.0544. The average Bonchev–Trinajstić information content (AvgIpc) is 2.77. The summed E-state index contributed by atoms with van der Waals surface area (Å²) in [4.78, 5) is 26.6. The molecule has 31 heavy (non-hydrogen) atoms. The minimum atomic E-state index is -0.805. The molecule has 0 aliphatic carbocycles. The lowest BCUT2D eigenvalue weighted by molar-refractivity contribution is 0.0741. The van der Waals surface area contributed by atoms with E-state index in [2.05, 4.69) is 5.32 Å². The maximum atomic E-state index is 13.5. The maximum Gasteiger partial charge on any atom is 0.255 e. The Labute approximate surface area is 179 Å². The van der Waals surface area contributed by atoms with Crippen molar-refractivity contribution in [1.82, 2.24) is 4.90 Å². The average molecular weight is 423 g/mol. The molecule has 0 bridgehead atoms. The fourth-order valence-electron chi connectivity index (χ4n) is 3.10. The topological polar surface area (TPSA) is 75.4 Å². The second-order valence-electron chi connectivity index (χ2n) is 7.04. The van der Waals surface area contributed by atoms with Gasteiger partial charge in [0, 0.05) is 36.0 Å². The van der Waals surface area contributed by atoms with Gasteiger partial charge in [-0.3, -0.25) is 9.59 Å². The van der Waals surface area contributed by atoms with Crippen molar-refractivity contribution in [3.8, 4) is 0 Å². The number of nitrogens with zero attached hydrogens (tertiary/aromatic N) is 1. The van der Waals surface area contributed by atoms with Crippen LogP contribution in [-0.2, 0) is 6.54 Å². The van der Waals surface area contributed by atoms with E-state index in [1.54, 1.807) is 48.5 Å². The first-order chi connectivity index (χ1) is 15.0. The molecule has 0 heterocycles. The molecule has 3 aromatic carbocycles. The summed E-state index contributed by atoms with van der Waals surface area (Å²) in [7, 11) is 0. The van der Waals surface area contributed by atoms with Crippen LogP contribution in [0.25, 0.3) is 0 Å². The molecular formula is C24H23F2N3O2. The number of carbonyl (C=O) groups is 2. The van der Waals surface area contributed by atoms with Gasteiger partial charge in [0.15, 0.2) is 0 Å². The number of nitrogens with one attached hydrogen (secondary N) is 1. The third-order valence-corrected chi connectivity index (χ3v) is 4.65. The van der Waals surface area contributed by atoms with Crippen molar-refractivity contribution in [2.45, 2.75) is 13.0 Å². The second-order valence-corrected chi connectivity index (χ2v) is 7.04. The largest absolute Gasteiger partial charge is 0.334 e. The van der Waals surface area contributed by atoms with E-state index in [0.29, 0.717) is 30.8 Å². The van der Waals surface area contributed by atoms with E-state index < -0.39 is 17.5 Å². The predicted octanol–water partition coefficient (Wildman–Crippen LogP) is 4.21. The van der Waals surface area contributed by atoms with E-state index in [0.717, 1.165) is 23.8 Å². The maximum absolute atomic E-state index is 13.5. The molecule has 0 radical (unpaired) electrons. The zero-order valence-electron chi connectivity index (χ0n) is 16.9. The zero-order chi connectivity index (χ0) is 22.2. The highest BCUT2D eigenvalue weighted by molar-refractivity contribution is 6.04. The van der Waals surface area contributed by atoms with Gasteiger partial charge < -0.3 is 16.0 Å². The van der Waals surface area contributed by atoms with Gasteiger partial charge in [0.1, 0.15) is 11.6 Å². The van der Waals surface area contributed by atoms with Gasteiger partial charge in [0.25, 0.3) is 11.8 Å². The standard InChI is InChI=1S/C24H23F2N3O2/c25-20-13-19(14-21(26)15-20)24(31)29(12-4-11-27)16-17-7-9-22(10-8-17)28-23(30)18-5-2-1-3-6-18/h1-3,5-10,13-15H,4,11-12,16,27H2,(H,28,30). The molecule has 0 atom stereocenters. The van der Waals surface area contributed by atoms with Crippen LogP contribution in [0.2, 0.25) is 0 Å². The molecule has 2 amide bonds. The Morgan fingerprint density at radius 2 is 1.52 bits per heavy atom. The first-order valence-corrected chi connectivity index (χ1v) is 9.87. The summed E-state index contributed by atoms with van der Waals surface area (Å²) < 4.78 is 27.1. The van der Waals surface area contributed by atoms with Crippen LogP contribution in [0.1, 0.15) is 32.7 Å². The number of amides is 2. The van der Waals surface area contributed by atoms with Gasteiger partial charge in [0.05, 0.1) is 0 Å². The molecule has 0 aliphatic rings. The van der Waals surface area contributed by atoms with E-state index >= 15 is 0 Å². The quantitative estimate of drug-likeness (QED) is 0.570. The molecule has 0 unspecified atom stereocenters. The highest BCUT2D eigenvalue weighted by Gasteiger charge is 2.18. The molecule has 3 N–H and O–H groups in total. The van der Waals surface area contributed by atoms with Crippen molar-refractivity contribution in [2.24, 2.45) is 5.73 Å². The molecule has 3 rings (SSSR count). The number of halogens is 2. The molecule has 0 aliphatic heterocycles. The van der Waals surface area contributed by atoms with Crippen LogP contribution < -0.4 is 11.1 Å². The number of carbonyl (C=O) groups excluding carboxylic acids is 2. The lowest BCUT2D eigenvalue weighted by atomic mass is 10.1. The van der Waals surface area contributed by atoms with Crippen LogP contribution in [0.3, 0.4) is 0 Å². The van der Waals surface area contributed by atoms with Crippen molar-refractivity contribution in [3.05, 3.63) is 101 Å². The number of rotatable bonds is 8. The number of benzene rings is 3. The lowest BCUT2D eigenvalue weighted by Gasteiger charge is -2.23. The molecular weight excluding hydrogens is 400 g/mol. The Balaban J connectivity index is 1.71. The summed E-state index contributed by atoms with van der Waals surface area (Å²) in [6, 6.07) is 18.7. The van der Waals surface area contributed by atoms with E-state index in [-0.39, 0.29) is 18.0 Å². The number of hydrogen-bond acceptors (Lipinski definition) is 3. The summed E-state index contributed by atoms with van der Waals surface area (Å²) in [5, 5.41) is 2.81. The van der Waals surface area contributed by atoms with Gasteiger partial charge in [-0.2, -0.15) is 0 Å². The molecule has 0 saturated carbocycles. The van der Waals surface area contributed by atoms with Crippen molar-refractivity contribution in [1.29, 1.82) is 0 Å². The number of anilines is 1. The highest BCUT2D eigenvalue weighted by atomic mass is 19.1. The fourth-order valence-corrected chi connectivity index (χ4v) is 3.10. The van der Waals surface area contributed by atoms with E-state index in [4.69, 9.17) is 5.73 Å². The van der Waals surface area contributed by atoms with Crippen molar-refractivity contribution in [2.75, 3.05) is 18.4 Å². The van der Waals surface area contributed by atoms with Gasteiger partial charge >= 0.3 is 0 Å². The molecule has 0 aromatic heterocycles. The van der Waals surface area contributed by atoms with Crippen molar-refractivity contribution < 1.29 is 18.4 Å². The molecule has 0 fully saturated rings. The first-order valence-electron chi connectivity index (χ1n) is 9.87. The number of hydrogen-bond donors (Lipinski definition) is 2. The van der Waals surface area contributed by atoms with Crippen LogP contribution in [0.4, 0.5) is 14.5 Å². The highest BCUT2D eigenvalue weighted by Crippen LogP contribution is 2.16. The molecule has 5 nitrogen and oxygen atoms in total. The Morgan fingerprint density at radius 1 is 0.871 bits per heavy atom. The minimum Gasteiger partial charge on any atom is -0.334 e. The van der Waals surface area contributed by atoms with Gasteiger partial charge in [-0.1, -0.05) is 30.3 Å². The number of nitrogens with two attached hydrogens (primary N) is 1. The molecule has 0 spiro atoms. The van der Waals surface area contributed by atoms with Crippen LogP contribution in [0.15, 0.2) is 72.8 Å². The van der Waals surface area contributed by atoms with Crippen LogP contribution in [0.5, 0.6) is 0 Å². The summed E-state index contributed by atoms with van der Waals surface area (Å²) in [5.41, 5.74) is 7.49. The SMILES string of the molecule is NCCCN(Cc1ccc(NC(=O)c2ccccc2)cc1)C(=O)c1cc(F)cc(F)c1. The smallest absolute Gasteiger partial charge is 0.255 e. The Morgan fingerprint density at radius 3 is 2.13 bits per heavy atom. The second kappa shape index (κ2) is 10.4. The third-order valence-electron chi connectivity index (χ3n) is 4.65. The van der Waals surface area contributed by atoms with E-state index in [9.17, 15) is 18.4 Å². The predicted molar refractivity (Wildman–Crippen MR) is 116 cm³/mol. The monoisotopic (exact) mass is 423 g/mol. The molecule has 0 saturated heterocycles. The summed E-state index contributed by atoms with van der Waals surface area (Å²) >= 11 is 0. The van der Waals surface area contributed by atoms with Gasteiger partial charge in [-0.05, 0) is 54.9 Å². The lowest BCUT2D eigenvalue weighted by Crippen LogP contribution is -2.32. The van der Waals surface area contributed by atoms with E-state index in [1.165, 1.54) is 4.90 Å². The van der Waals surface area contributed by atoms with Crippen molar-refractivity contribution >= 4 is 17.5 Å². The molecule has 7 heteroatoms. The van der Waals surface area contributed by atoms with Gasteiger partial charge in [-0.15, -0.1) is 0 Å². The summed E-state index contributed by atoms with van der Waals surface area (Å²) in [6.45, 7) is 0.968. The Hall–Kier alpha value is -3.58. The summed E-state index contributed by atoms with van der Waals surface area (Å²) in [6.07, 6.45) is 0.550. The van der Waals surface area contributed by atoms with E-state index in [1.807, 2.05) is 6.07 Å². The third kappa shape index (κ3) is 6.20. The van der Waals surface area contributed by atoms with Crippen molar-refractivity contribution in [3.63, 3.8) is 0 Å². The van der Waals surface area contributed by atoms with Gasteiger partial charge in [0.2, 0.25) is 0 Å².